The first-order valence-corrected chi connectivity index (χ1v) is 6.54. The first-order chi connectivity index (χ1) is 7.99. The van der Waals surface area contributed by atoms with Crippen LogP contribution in [0.25, 0.3) is 0 Å². The molecule has 0 aromatic carbocycles. The fourth-order valence-corrected chi connectivity index (χ4v) is 2.62. The molecular weight excluding hydrogens is 279 g/mol. The van der Waals surface area contributed by atoms with Gasteiger partial charge in [-0.3, -0.25) is 9.48 Å². The fraction of sp³-hybridized carbons (Fsp3) is 0.273. The van der Waals surface area contributed by atoms with Crippen LogP contribution in [0.5, 0.6) is 0 Å². The van der Waals surface area contributed by atoms with Crippen LogP contribution >= 0.6 is 34.5 Å². The summed E-state index contributed by atoms with van der Waals surface area (Å²) in [4.78, 5) is 12.6. The van der Waals surface area contributed by atoms with E-state index in [9.17, 15) is 4.79 Å². The topological polar surface area (TPSA) is 34.9 Å². The molecule has 90 valence electrons. The molecular formula is C11H10Cl2N2OS. The van der Waals surface area contributed by atoms with Gasteiger partial charge in [0.25, 0.3) is 0 Å². The van der Waals surface area contributed by atoms with Gasteiger partial charge in [-0.15, -0.1) is 11.3 Å². The molecule has 0 atom stereocenters. The van der Waals surface area contributed by atoms with E-state index in [0.29, 0.717) is 14.2 Å². The largest absolute Gasteiger partial charge is 0.291 e. The normalized spacial score (nSPS) is 10.8. The highest BCUT2D eigenvalue weighted by molar-refractivity contribution is 7.18. The number of aryl methyl sites for hydroxylation is 1. The van der Waals surface area contributed by atoms with Crippen LogP contribution in [0.2, 0.25) is 9.36 Å². The van der Waals surface area contributed by atoms with E-state index in [1.54, 1.807) is 16.8 Å². The summed E-state index contributed by atoms with van der Waals surface area (Å²) < 4.78 is 2.23. The predicted molar refractivity (Wildman–Crippen MR) is 70.4 cm³/mol. The van der Waals surface area contributed by atoms with Gasteiger partial charge in [-0.2, -0.15) is 5.10 Å². The maximum atomic E-state index is 11.9. The molecule has 0 amide bonds. The van der Waals surface area contributed by atoms with Crippen LogP contribution in [0.15, 0.2) is 12.1 Å². The average molecular weight is 289 g/mol. The van der Waals surface area contributed by atoms with Gasteiger partial charge in [-0.1, -0.05) is 23.2 Å². The second-order valence-corrected chi connectivity index (χ2v) is 5.76. The Kier molecular flexibility index (Phi) is 3.56. The maximum Gasteiger partial charge on any atom is 0.194 e. The molecule has 0 N–H and O–H groups in total. The van der Waals surface area contributed by atoms with E-state index in [1.165, 1.54) is 11.3 Å². The van der Waals surface area contributed by atoms with Gasteiger partial charge in [0.1, 0.15) is 6.54 Å². The summed E-state index contributed by atoms with van der Waals surface area (Å²) in [5.74, 6) is -0.0100. The molecule has 0 saturated carbocycles. The molecule has 17 heavy (non-hydrogen) atoms. The highest BCUT2D eigenvalue weighted by atomic mass is 35.5. The summed E-state index contributed by atoms with van der Waals surface area (Å²) in [6, 6.07) is 3.44. The second-order valence-electron chi connectivity index (χ2n) is 3.67. The van der Waals surface area contributed by atoms with E-state index in [4.69, 9.17) is 23.2 Å². The number of ketones is 1. The number of thiophene rings is 1. The van der Waals surface area contributed by atoms with Gasteiger partial charge >= 0.3 is 0 Å². The van der Waals surface area contributed by atoms with E-state index in [1.807, 2.05) is 13.8 Å². The van der Waals surface area contributed by atoms with Crippen LogP contribution in [0.1, 0.15) is 21.1 Å². The highest BCUT2D eigenvalue weighted by Gasteiger charge is 2.14. The smallest absolute Gasteiger partial charge is 0.194 e. The number of hydrogen-bond acceptors (Lipinski definition) is 3. The number of Topliss-reactive ketones (excluding diaryl/α,β-unsaturated/α-hetero) is 1. The lowest BCUT2D eigenvalue weighted by atomic mass is 10.3. The minimum atomic E-state index is -0.0100. The second kappa shape index (κ2) is 4.80. The molecule has 0 aliphatic carbocycles. The van der Waals surface area contributed by atoms with Gasteiger partial charge in [-0.25, -0.2) is 0 Å². The highest BCUT2D eigenvalue weighted by Crippen LogP contribution is 2.23. The van der Waals surface area contributed by atoms with E-state index in [2.05, 4.69) is 5.10 Å². The van der Waals surface area contributed by atoms with Crippen molar-refractivity contribution in [1.82, 2.24) is 9.78 Å². The molecule has 2 heterocycles. The van der Waals surface area contributed by atoms with E-state index in [0.717, 1.165) is 11.4 Å². The number of rotatable bonds is 3. The summed E-state index contributed by atoms with van der Waals surface area (Å²) in [6.07, 6.45) is 0. The summed E-state index contributed by atoms with van der Waals surface area (Å²) in [5.41, 5.74) is 1.54. The van der Waals surface area contributed by atoms with Crippen molar-refractivity contribution < 1.29 is 4.79 Å². The predicted octanol–water partition coefficient (Wildman–Crippen LogP) is 3.75. The van der Waals surface area contributed by atoms with E-state index in [-0.39, 0.29) is 12.3 Å². The van der Waals surface area contributed by atoms with Gasteiger partial charge in [0.2, 0.25) is 0 Å². The lowest BCUT2D eigenvalue weighted by Crippen LogP contribution is -2.11. The quantitative estimate of drug-likeness (QED) is 0.806. The summed E-state index contributed by atoms with van der Waals surface area (Å²) >= 11 is 13.1. The average Bonchev–Trinajstić information content (AvgIpc) is 2.80. The zero-order valence-electron chi connectivity index (χ0n) is 9.33. The minimum absolute atomic E-state index is 0.0100. The molecule has 0 saturated heterocycles. The Hall–Kier alpha value is -0.840. The number of hydrogen-bond donors (Lipinski definition) is 0. The zero-order valence-corrected chi connectivity index (χ0v) is 11.7. The van der Waals surface area contributed by atoms with Crippen molar-refractivity contribution in [2.24, 2.45) is 0 Å². The van der Waals surface area contributed by atoms with Crippen LogP contribution in [-0.4, -0.2) is 15.6 Å². The third-order valence-electron chi connectivity index (χ3n) is 2.43. The Bertz CT molecular complexity index is 574. The monoisotopic (exact) mass is 288 g/mol. The maximum absolute atomic E-state index is 11.9. The molecule has 2 aromatic rings. The summed E-state index contributed by atoms with van der Waals surface area (Å²) in [5, 5.41) is 4.83. The first-order valence-electron chi connectivity index (χ1n) is 4.97. The molecule has 6 heteroatoms. The molecule has 0 bridgehead atoms. The molecule has 0 aliphatic heterocycles. The zero-order chi connectivity index (χ0) is 12.6. The van der Waals surface area contributed by atoms with Gasteiger partial charge in [0.05, 0.1) is 25.6 Å². The van der Waals surface area contributed by atoms with Crippen LogP contribution in [-0.2, 0) is 6.54 Å². The van der Waals surface area contributed by atoms with Crippen LogP contribution in [0.4, 0.5) is 0 Å². The van der Waals surface area contributed by atoms with Gasteiger partial charge in [0, 0.05) is 0 Å². The lowest BCUT2D eigenvalue weighted by molar-refractivity contribution is 0.0970. The van der Waals surface area contributed by atoms with E-state index < -0.39 is 0 Å². The molecule has 0 unspecified atom stereocenters. The van der Waals surface area contributed by atoms with Crippen LogP contribution < -0.4 is 0 Å². The van der Waals surface area contributed by atoms with Crippen LogP contribution in [0.3, 0.4) is 0 Å². The molecule has 2 rings (SSSR count). The molecule has 2 aromatic heterocycles. The number of aromatic nitrogens is 2. The molecule has 0 aliphatic rings. The SMILES string of the molecule is Cc1nn(CC(=O)c2ccc(Cl)s2)c(C)c1Cl. The van der Waals surface area contributed by atoms with Crippen molar-refractivity contribution in [2.45, 2.75) is 20.4 Å². The lowest BCUT2D eigenvalue weighted by Gasteiger charge is -2.01. The molecule has 0 spiro atoms. The van der Waals surface area contributed by atoms with E-state index >= 15 is 0 Å². The Morgan fingerprint density at radius 1 is 1.41 bits per heavy atom. The molecule has 0 radical (unpaired) electrons. The Labute approximate surface area is 113 Å². The molecule has 3 nitrogen and oxygen atoms in total. The van der Waals surface area contributed by atoms with Crippen molar-refractivity contribution >= 4 is 40.3 Å². The van der Waals surface area contributed by atoms with Crippen molar-refractivity contribution in [3.8, 4) is 0 Å². The Morgan fingerprint density at radius 2 is 2.12 bits per heavy atom. The summed E-state index contributed by atoms with van der Waals surface area (Å²) in [7, 11) is 0. The standard InChI is InChI=1S/C11H10Cl2N2OS/c1-6-11(13)7(2)15(14-6)5-8(16)9-3-4-10(12)17-9/h3-4H,5H2,1-2H3. The number of carbonyl (C=O) groups is 1. The molecule has 0 fully saturated rings. The van der Waals surface area contributed by atoms with Crippen molar-refractivity contribution in [3.63, 3.8) is 0 Å². The Balaban J connectivity index is 2.21. The van der Waals surface area contributed by atoms with Gasteiger partial charge in [-0.05, 0) is 26.0 Å². The fourth-order valence-electron chi connectivity index (χ4n) is 1.51. The number of carbonyl (C=O) groups excluding carboxylic acids is 1. The minimum Gasteiger partial charge on any atom is -0.291 e. The van der Waals surface area contributed by atoms with Crippen molar-refractivity contribution in [1.29, 1.82) is 0 Å². The first kappa shape index (κ1) is 12.6. The van der Waals surface area contributed by atoms with Gasteiger partial charge in [0.15, 0.2) is 5.78 Å². The Morgan fingerprint density at radius 3 is 2.59 bits per heavy atom. The number of nitrogens with zero attached hydrogens (tertiary/aromatic N) is 2. The van der Waals surface area contributed by atoms with Crippen molar-refractivity contribution in [2.75, 3.05) is 0 Å². The van der Waals surface area contributed by atoms with Gasteiger partial charge < -0.3 is 0 Å². The summed E-state index contributed by atoms with van der Waals surface area (Å²) in [6.45, 7) is 3.85. The third kappa shape index (κ3) is 2.54. The van der Waals surface area contributed by atoms with Crippen molar-refractivity contribution in [3.05, 3.63) is 37.8 Å². The third-order valence-corrected chi connectivity index (χ3v) is 4.25. The number of halogens is 2. The van der Waals surface area contributed by atoms with Crippen LogP contribution in [0, 0.1) is 13.8 Å².